The highest BCUT2D eigenvalue weighted by Crippen LogP contribution is 2.12. The summed E-state index contributed by atoms with van der Waals surface area (Å²) >= 11 is 0. The summed E-state index contributed by atoms with van der Waals surface area (Å²) in [6.45, 7) is 1.90. The number of hydrogen-bond acceptors (Lipinski definition) is 2. The van der Waals surface area contributed by atoms with Crippen molar-refractivity contribution in [3.63, 3.8) is 0 Å². The number of amides is 2. The van der Waals surface area contributed by atoms with Crippen LogP contribution in [0.5, 0.6) is 0 Å². The van der Waals surface area contributed by atoms with Crippen molar-refractivity contribution in [1.29, 1.82) is 0 Å². The van der Waals surface area contributed by atoms with Gasteiger partial charge in [-0.15, -0.1) is 0 Å². The topological polar surface area (TPSA) is 35.6 Å². The number of urea groups is 1. The third kappa shape index (κ3) is 5.55. The molecule has 0 unspecified atom stereocenters. The van der Waals surface area contributed by atoms with Crippen molar-refractivity contribution in [2.45, 2.75) is 12.6 Å². The Morgan fingerprint density at radius 2 is 1.73 bits per heavy atom. The van der Waals surface area contributed by atoms with Crippen molar-refractivity contribution in [2.24, 2.45) is 0 Å². The summed E-state index contributed by atoms with van der Waals surface area (Å²) in [5.41, 5.74) is 1.26. The van der Waals surface area contributed by atoms with Gasteiger partial charge in [0, 0.05) is 32.7 Å². The summed E-state index contributed by atoms with van der Waals surface area (Å²) in [4.78, 5) is 15.3. The maximum absolute atomic E-state index is 12.1. The molecule has 1 N–H and O–H groups in total. The van der Waals surface area contributed by atoms with Gasteiger partial charge in [0.15, 0.2) is 0 Å². The number of hydrogen-bond donors (Lipinski definition) is 1. The van der Waals surface area contributed by atoms with Gasteiger partial charge < -0.3 is 10.2 Å². The molecule has 2 amide bonds. The predicted octanol–water partition coefficient (Wildman–Crippen LogP) is 2.12. The molecule has 1 fully saturated rings. The van der Waals surface area contributed by atoms with Crippen LogP contribution in [0.3, 0.4) is 0 Å². The van der Waals surface area contributed by atoms with E-state index in [2.05, 4.69) is 17.0 Å². The molecule has 1 aliphatic heterocycles. The normalized spacial score (nSPS) is 16.6. The van der Waals surface area contributed by atoms with Crippen LogP contribution < -0.4 is 5.32 Å². The molecule has 0 radical (unpaired) electrons. The second kappa shape index (κ2) is 7.49. The fraction of sp³-hybridized carbons (Fsp3) is 0.533. The molecule has 1 aromatic rings. The molecular formula is C15H20F3N3O. The van der Waals surface area contributed by atoms with E-state index in [0.717, 1.165) is 13.0 Å². The lowest BCUT2D eigenvalue weighted by molar-refractivity contribution is -0.123. The zero-order chi connectivity index (χ0) is 16.0. The lowest BCUT2D eigenvalue weighted by Gasteiger charge is -2.34. The Kier molecular flexibility index (Phi) is 5.65. The predicted molar refractivity (Wildman–Crippen MR) is 77.6 cm³/mol. The van der Waals surface area contributed by atoms with Crippen molar-refractivity contribution >= 4 is 6.03 Å². The monoisotopic (exact) mass is 315 g/mol. The van der Waals surface area contributed by atoms with Gasteiger partial charge >= 0.3 is 12.2 Å². The maximum atomic E-state index is 12.1. The first-order valence-corrected chi connectivity index (χ1v) is 7.30. The second-order valence-corrected chi connectivity index (χ2v) is 5.34. The average molecular weight is 315 g/mol. The minimum Gasteiger partial charge on any atom is -0.329 e. The Hall–Kier alpha value is -1.76. The Balaban J connectivity index is 1.68. The van der Waals surface area contributed by atoms with E-state index in [0.29, 0.717) is 26.2 Å². The number of nitrogens with one attached hydrogen (secondary N) is 1. The largest absolute Gasteiger partial charge is 0.405 e. The quantitative estimate of drug-likeness (QED) is 0.924. The van der Waals surface area contributed by atoms with Crippen LogP contribution in [-0.2, 0) is 6.42 Å². The van der Waals surface area contributed by atoms with Gasteiger partial charge in [-0.3, -0.25) is 4.90 Å². The molecule has 0 saturated carbocycles. The first-order chi connectivity index (χ1) is 10.4. The number of carbonyl (C=O) groups excluding carboxylic acids is 1. The van der Waals surface area contributed by atoms with Gasteiger partial charge in [0.1, 0.15) is 6.54 Å². The fourth-order valence-corrected chi connectivity index (χ4v) is 2.39. The molecule has 2 rings (SSSR count). The fourth-order valence-electron chi connectivity index (χ4n) is 2.39. The molecule has 0 aromatic heterocycles. The number of piperazine rings is 1. The molecule has 1 heterocycles. The van der Waals surface area contributed by atoms with Crippen LogP contribution in [0.1, 0.15) is 5.56 Å². The van der Waals surface area contributed by atoms with Crippen LogP contribution >= 0.6 is 0 Å². The Morgan fingerprint density at radius 3 is 2.32 bits per heavy atom. The molecule has 0 bridgehead atoms. The Morgan fingerprint density at radius 1 is 1.09 bits per heavy atom. The van der Waals surface area contributed by atoms with Gasteiger partial charge in [0.2, 0.25) is 0 Å². The number of carbonyl (C=O) groups is 1. The number of benzene rings is 1. The van der Waals surface area contributed by atoms with E-state index in [-0.39, 0.29) is 0 Å². The van der Waals surface area contributed by atoms with Gasteiger partial charge in [0.25, 0.3) is 0 Å². The van der Waals surface area contributed by atoms with Crippen LogP contribution in [0.4, 0.5) is 18.0 Å². The molecule has 0 aliphatic carbocycles. The standard InChI is InChI=1S/C15H20F3N3O/c16-15(17,18)12-19-14(22)21-10-8-20(9-11-21)7-6-13-4-2-1-3-5-13/h1-5H,6-12H2,(H,19,22). The highest BCUT2D eigenvalue weighted by molar-refractivity contribution is 5.74. The summed E-state index contributed by atoms with van der Waals surface area (Å²) in [5.74, 6) is 0. The first-order valence-electron chi connectivity index (χ1n) is 7.30. The average Bonchev–Trinajstić information content (AvgIpc) is 2.51. The van der Waals surface area contributed by atoms with E-state index in [1.54, 1.807) is 0 Å². The van der Waals surface area contributed by atoms with Gasteiger partial charge in [0.05, 0.1) is 0 Å². The maximum Gasteiger partial charge on any atom is 0.405 e. The zero-order valence-electron chi connectivity index (χ0n) is 12.3. The molecule has 4 nitrogen and oxygen atoms in total. The van der Waals surface area contributed by atoms with E-state index in [9.17, 15) is 18.0 Å². The summed E-state index contributed by atoms with van der Waals surface area (Å²) in [6.07, 6.45) is -3.44. The van der Waals surface area contributed by atoms with E-state index in [4.69, 9.17) is 0 Å². The van der Waals surface area contributed by atoms with Crippen LogP contribution in [0.25, 0.3) is 0 Å². The molecule has 122 valence electrons. The molecule has 1 aliphatic rings. The summed E-state index contributed by atoms with van der Waals surface area (Å²) in [7, 11) is 0. The SMILES string of the molecule is O=C(NCC(F)(F)F)N1CCN(CCc2ccccc2)CC1. The van der Waals surface area contributed by atoms with Gasteiger partial charge in [-0.25, -0.2) is 4.79 Å². The van der Waals surface area contributed by atoms with Gasteiger partial charge in [-0.2, -0.15) is 13.2 Å². The molecule has 0 atom stereocenters. The van der Waals surface area contributed by atoms with Crippen molar-refractivity contribution in [3.8, 4) is 0 Å². The van der Waals surface area contributed by atoms with Gasteiger partial charge in [-0.1, -0.05) is 30.3 Å². The third-order valence-electron chi connectivity index (χ3n) is 3.66. The number of rotatable bonds is 4. The van der Waals surface area contributed by atoms with Crippen LogP contribution in [0, 0.1) is 0 Å². The minimum atomic E-state index is -4.37. The van der Waals surface area contributed by atoms with E-state index < -0.39 is 18.8 Å². The minimum absolute atomic E-state index is 0.457. The van der Waals surface area contributed by atoms with E-state index in [1.807, 2.05) is 23.5 Å². The highest BCUT2D eigenvalue weighted by atomic mass is 19.4. The lowest BCUT2D eigenvalue weighted by atomic mass is 10.1. The zero-order valence-corrected chi connectivity index (χ0v) is 12.3. The number of halogens is 3. The van der Waals surface area contributed by atoms with Crippen molar-refractivity contribution in [1.82, 2.24) is 15.1 Å². The third-order valence-corrected chi connectivity index (χ3v) is 3.66. The highest BCUT2D eigenvalue weighted by Gasteiger charge is 2.29. The molecular weight excluding hydrogens is 295 g/mol. The van der Waals surface area contributed by atoms with E-state index in [1.165, 1.54) is 10.5 Å². The smallest absolute Gasteiger partial charge is 0.329 e. The van der Waals surface area contributed by atoms with Crippen molar-refractivity contribution in [2.75, 3.05) is 39.3 Å². The number of nitrogens with zero attached hydrogens (tertiary/aromatic N) is 2. The summed E-state index contributed by atoms with van der Waals surface area (Å²) in [5, 5.41) is 1.91. The number of alkyl halides is 3. The van der Waals surface area contributed by atoms with Crippen molar-refractivity contribution in [3.05, 3.63) is 35.9 Å². The van der Waals surface area contributed by atoms with Crippen LogP contribution in [0.15, 0.2) is 30.3 Å². The molecule has 1 saturated heterocycles. The molecule has 22 heavy (non-hydrogen) atoms. The molecule has 0 spiro atoms. The second-order valence-electron chi connectivity index (χ2n) is 5.34. The van der Waals surface area contributed by atoms with E-state index >= 15 is 0 Å². The Labute approximate surface area is 127 Å². The summed E-state index contributed by atoms with van der Waals surface area (Å²) < 4.78 is 36.2. The molecule has 1 aromatic carbocycles. The van der Waals surface area contributed by atoms with Crippen LogP contribution in [-0.4, -0.2) is 61.3 Å². The van der Waals surface area contributed by atoms with Crippen LogP contribution in [0.2, 0.25) is 0 Å². The lowest BCUT2D eigenvalue weighted by Crippen LogP contribution is -2.53. The van der Waals surface area contributed by atoms with Gasteiger partial charge in [-0.05, 0) is 12.0 Å². The first kappa shape index (κ1) is 16.6. The Bertz CT molecular complexity index is 471. The van der Waals surface area contributed by atoms with Crippen molar-refractivity contribution < 1.29 is 18.0 Å². The summed E-state index contributed by atoms with van der Waals surface area (Å²) in [6, 6.07) is 9.47. The molecule has 7 heteroatoms.